The van der Waals surface area contributed by atoms with Crippen molar-refractivity contribution in [1.29, 1.82) is 0 Å². The maximum atomic E-state index is 11.3. The van der Waals surface area contributed by atoms with Crippen LogP contribution >= 0.6 is 10.7 Å². The summed E-state index contributed by atoms with van der Waals surface area (Å²) in [4.78, 5) is 11.3. The van der Waals surface area contributed by atoms with Gasteiger partial charge in [0.1, 0.15) is 5.78 Å². The van der Waals surface area contributed by atoms with Gasteiger partial charge in [-0.1, -0.05) is 6.42 Å². The van der Waals surface area contributed by atoms with Crippen molar-refractivity contribution in [1.82, 2.24) is 0 Å². The van der Waals surface area contributed by atoms with Gasteiger partial charge in [-0.15, -0.1) is 0 Å². The molecule has 0 aromatic heterocycles. The van der Waals surface area contributed by atoms with E-state index in [0.29, 0.717) is 12.8 Å². The molecule has 0 saturated heterocycles. The second-order valence-electron chi connectivity index (χ2n) is 3.44. The smallest absolute Gasteiger partial charge is 0.232 e. The molecule has 0 aromatic rings. The summed E-state index contributed by atoms with van der Waals surface area (Å²) in [6, 6.07) is 0. The van der Waals surface area contributed by atoms with Crippen LogP contribution in [0.5, 0.6) is 0 Å². The Morgan fingerprint density at radius 3 is 2.62 bits per heavy atom. The van der Waals surface area contributed by atoms with E-state index in [-0.39, 0.29) is 17.5 Å². The van der Waals surface area contributed by atoms with Crippen molar-refractivity contribution in [2.45, 2.75) is 32.1 Å². The molecule has 1 rings (SSSR count). The van der Waals surface area contributed by atoms with Gasteiger partial charge in [0.2, 0.25) is 9.05 Å². The lowest BCUT2D eigenvalue weighted by Gasteiger charge is -2.19. The molecule has 1 aliphatic rings. The molecule has 0 spiro atoms. The number of carbonyl (C=O) groups excluding carboxylic acids is 1. The summed E-state index contributed by atoms with van der Waals surface area (Å²) >= 11 is 0. The average molecular weight is 225 g/mol. The first-order chi connectivity index (χ1) is 5.99. The van der Waals surface area contributed by atoms with Crippen LogP contribution in [0.4, 0.5) is 0 Å². The largest absolute Gasteiger partial charge is 0.299 e. The van der Waals surface area contributed by atoms with Gasteiger partial charge < -0.3 is 0 Å². The lowest BCUT2D eigenvalue weighted by atomic mass is 9.86. The van der Waals surface area contributed by atoms with Crippen LogP contribution in [0, 0.1) is 5.92 Å². The van der Waals surface area contributed by atoms with Crippen LogP contribution in [-0.4, -0.2) is 20.0 Å². The highest BCUT2D eigenvalue weighted by molar-refractivity contribution is 8.13. The van der Waals surface area contributed by atoms with Gasteiger partial charge in [0.05, 0.1) is 5.75 Å². The third-order valence-corrected chi connectivity index (χ3v) is 3.58. The van der Waals surface area contributed by atoms with E-state index in [4.69, 9.17) is 10.7 Å². The summed E-state index contributed by atoms with van der Waals surface area (Å²) in [5.41, 5.74) is 0. The predicted octanol–water partition coefficient (Wildman–Crippen LogP) is 1.70. The first-order valence-electron chi connectivity index (χ1n) is 4.44. The molecule has 1 saturated carbocycles. The van der Waals surface area contributed by atoms with Crippen molar-refractivity contribution in [2.75, 3.05) is 5.75 Å². The molecule has 1 atom stereocenters. The number of Topliss-reactive ketones (excluding diaryl/α,β-unsaturated/α-hetero) is 1. The predicted molar refractivity (Wildman–Crippen MR) is 51.2 cm³/mol. The van der Waals surface area contributed by atoms with E-state index >= 15 is 0 Å². The van der Waals surface area contributed by atoms with E-state index < -0.39 is 9.05 Å². The van der Waals surface area contributed by atoms with Crippen molar-refractivity contribution in [3.05, 3.63) is 0 Å². The minimum absolute atomic E-state index is 0.0673. The Balaban J connectivity index is 2.40. The fourth-order valence-corrected chi connectivity index (χ4v) is 2.48. The Bertz CT molecular complexity index is 284. The SMILES string of the molecule is O=C1CCCCC1CCS(=O)(=O)Cl. The van der Waals surface area contributed by atoms with Gasteiger partial charge in [-0.25, -0.2) is 8.42 Å². The van der Waals surface area contributed by atoms with Crippen molar-refractivity contribution < 1.29 is 13.2 Å². The van der Waals surface area contributed by atoms with Gasteiger partial charge >= 0.3 is 0 Å². The summed E-state index contributed by atoms with van der Waals surface area (Å²) in [7, 11) is 1.63. The molecule has 0 bridgehead atoms. The molecule has 13 heavy (non-hydrogen) atoms. The summed E-state index contributed by atoms with van der Waals surface area (Å²) in [6.07, 6.45) is 3.80. The van der Waals surface area contributed by atoms with Gasteiger partial charge in [-0.2, -0.15) is 0 Å². The topological polar surface area (TPSA) is 51.2 Å². The van der Waals surface area contributed by atoms with Crippen LogP contribution in [0.2, 0.25) is 0 Å². The quantitative estimate of drug-likeness (QED) is 0.686. The molecule has 0 heterocycles. The molecule has 0 N–H and O–H groups in total. The van der Waals surface area contributed by atoms with Crippen LogP contribution in [-0.2, 0) is 13.8 Å². The third kappa shape index (κ3) is 4.09. The van der Waals surface area contributed by atoms with Gasteiger partial charge in [-0.05, 0) is 19.3 Å². The molecule has 1 aliphatic carbocycles. The van der Waals surface area contributed by atoms with E-state index in [1.54, 1.807) is 0 Å². The first kappa shape index (κ1) is 11.0. The van der Waals surface area contributed by atoms with Crippen molar-refractivity contribution in [3.8, 4) is 0 Å². The molecule has 3 nitrogen and oxygen atoms in total. The number of ketones is 1. The molecule has 0 amide bonds. The molecule has 0 aromatic carbocycles. The second kappa shape index (κ2) is 4.42. The lowest BCUT2D eigenvalue weighted by molar-refractivity contribution is -0.124. The van der Waals surface area contributed by atoms with Crippen molar-refractivity contribution >= 4 is 25.5 Å². The Morgan fingerprint density at radius 2 is 2.08 bits per heavy atom. The number of rotatable bonds is 3. The van der Waals surface area contributed by atoms with Crippen LogP contribution < -0.4 is 0 Å². The molecular weight excluding hydrogens is 212 g/mol. The highest BCUT2D eigenvalue weighted by Crippen LogP contribution is 2.24. The van der Waals surface area contributed by atoms with Gasteiger partial charge in [0.25, 0.3) is 0 Å². The lowest BCUT2D eigenvalue weighted by Crippen LogP contribution is -2.21. The number of hydrogen-bond acceptors (Lipinski definition) is 3. The fourth-order valence-electron chi connectivity index (χ4n) is 1.64. The van der Waals surface area contributed by atoms with Crippen LogP contribution in [0.25, 0.3) is 0 Å². The van der Waals surface area contributed by atoms with E-state index in [1.165, 1.54) is 0 Å². The third-order valence-electron chi connectivity index (χ3n) is 2.39. The molecule has 1 fully saturated rings. The van der Waals surface area contributed by atoms with E-state index in [9.17, 15) is 13.2 Å². The number of carbonyl (C=O) groups is 1. The monoisotopic (exact) mass is 224 g/mol. The zero-order valence-electron chi connectivity index (χ0n) is 7.33. The van der Waals surface area contributed by atoms with Crippen LogP contribution in [0.3, 0.4) is 0 Å². The average Bonchev–Trinajstić information content (AvgIpc) is 2.01. The molecule has 5 heteroatoms. The van der Waals surface area contributed by atoms with E-state index in [1.807, 2.05) is 0 Å². The number of halogens is 1. The maximum Gasteiger partial charge on any atom is 0.232 e. The highest BCUT2D eigenvalue weighted by atomic mass is 35.7. The zero-order chi connectivity index (χ0) is 9.90. The minimum atomic E-state index is -3.43. The number of hydrogen-bond donors (Lipinski definition) is 0. The van der Waals surface area contributed by atoms with E-state index in [2.05, 4.69) is 0 Å². The molecule has 0 radical (unpaired) electrons. The summed E-state index contributed by atoms with van der Waals surface area (Å²) < 4.78 is 21.3. The van der Waals surface area contributed by atoms with Gasteiger partial charge in [0, 0.05) is 23.0 Å². The van der Waals surface area contributed by atoms with Crippen molar-refractivity contribution in [3.63, 3.8) is 0 Å². The van der Waals surface area contributed by atoms with E-state index in [0.717, 1.165) is 19.3 Å². The van der Waals surface area contributed by atoms with Crippen molar-refractivity contribution in [2.24, 2.45) is 5.92 Å². The zero-order valence-corrected chi connectivity index (χ0v) is 8.90. The normalized spacial score (nSPS) is 24.7. The Labute approximate surface area is 82.9 Å². The Morgan fingerprint density at radius 1 is 1.38 bits per heavy atom. The minimum Gasteiger partial charge on any atom is -0.299 e. The molecule has 1 unspecified atom stereocenters. The molecular formula is C8H13ClO3S. The molecule has 0 aliphatic heterocycles. The Hall–Kier alpha value is -0.0900. The summed E-state index contributed by atoms with van der Waals surface area (Å²) in [5, 5.41) is 0. The van der Waals surface area contributed by atoms with Gasteiger partial charge in [-0.3, -0.25) is 4.79 Å². The molecule has 76 valence electrons. The standard InChI is InChI=1S/C8H13ClO3S/c9-13(11,12)6-5-7-3-1-2-4-8(7)10/h7H,1-6H2. The highest BCUT2D eigenvalue weighted by Gasteiger charge is 2.23. The second-order valence-corrected chi connectivity index (χ2v) is 6.34. The van der Waals surface area contributed by atoms with Crippen LogP contribution in [0.15, 0.2) is 0 Å². The van der Waals surface area contributed by atoms with Crippen LogP contribution in [0.1, 0.15) is 32.1 Å². The summed E-state index contributed by atoms with van der Waals surface area (Å²) in [6.45, 7) is 0. The summed E-state index contributed by atoms with van der Waals surface area (Å²) in [5.74, 6) is 0.0548. The maximum absolute atomic E-state index is 11.3. The Kier molecular flexibility index (Phi) is 3.74. The first-order valence-corrected chi connectivity index (χ1v) is 6.92. The fraction of sp³-hybridized carbons (Fsp3) is 0.875. The van der Waals surface area contributed by atoms with Gasteiger partial charge in [0.15, 0.2) is 0 Å².